The van der Waals surface area contributed by atoms with Crippen LogP contribution in [-0.2, 0) is 11.3 Å². The zero-order chi connectivity index (χ0) is 10.7. The summed E-state index contributed by atoms with van der Waals surface area (Å²) in [6, 6.07) is 2.29. The van der Waals surface area contributed by atoms with Gasteiger partial charge in [0.2, 0.25) is 0 Å². The molecule has 1 fully saturated rings. The predicted molar refractivity (Wildman–Crippen MR) is 60.6 cm³/mol. The van der Waals surface area contributed by atoms with E-state index in [1.54, 1.807) is 0 Å². The van der Waals surface area contributed by atoms with Crippen LogP contribution in [0.2, 0.25) is 0 Å². The summed E-state index contributed by atoms with van der Waals surface area (Å²) in [5, 5.41) is 0. The van der Waals surface area contributed by atoms with Crippen molar-refractivity contribution in [3.05, 3.63) is 24.0 Å². The van der Waals surface area contributed by atoms with Crippen LogP contribution in [0.15, 0.2) is 18.5 Å². The van der Waals surface area contributed by atoms with Crippen molar-refractivity contribution in [3.63, 3.8) is 0 Å². The van der Waals surface area contributed by atoms with Crippen molar-refractivity contribution < 1.29 is 4.74 Å². The second kappa shape index (κ2) is 4.81. The number of rotatable bonds is 4. The van der Waals surface area contributed by atoms with Crippen molar-refractivity contribution in [3.8, 4) is 0 Å². The first-order valence-corrected chi connectivity index (χ1v) is 5.82. The Morgan fingerprint density at radius 3 is 3.20 bits per heavy atom. The van der Waals surface area contributed by atoms with Crippen LogP contribution >= 0.6 is 0 Å². The number of aromatic nitrogens is 1. The smallest absolute Gasteiger partial charge is 0.0754 e. The van der Waals surface area contributed by atoms with Crippen molar-refractivity contribution in [2.45, 2.75) is 44.9 Å². The van der Waals surface area contributed by atoms with Crippen molar-refractivity contribution >= 4 is 0 Å². The summed E-state index contributed by atoms with van der Waals surface area (Å²) < 4.78 is 7.80. The standard InChI is InChI=1S/C12H20N2O/c1-2-12(13)10-5-6-14(8-10)9-11-4-3-7-15-11/h5-6,8,11-12H,2-4,7,9,13H2,1H3. The maximum absolute atomic E-state index is 5.97. The topological polar surface area (TPSA) is 40.2 Å². The molecule has 0 bridgehead atoms. The molecule has 0 saturated carbocycles. The summed E-state index contributed by atoms with van der Waals surface area (Å²) in [6.45, 7) is 4.01. The number of hydrogen-bond donors (Lipinski definition) is 1. The van der Waals surface area contributed by atoms with Crippen LogP contribution in [-0.4, -0.2) is 17.3 Å². The first-order valence-electron chi connectivity index (χ1n) is 5.82. The molecule has 2 N–H and O–H groups in total. The van der Waals surface area contributed by atoms with Gasteiger partial charge in [-0.15, -0.1) is 0 Å². The maximum Gasteiger partial charge on any atom is 0.0754 e. The van der Waals surface area contributed by atoms with Crippen molar-refractivity contribution in [1.29, 1.82) is 0 Å². The van der Waals surface area contributed by atoms with Gasteiger partial charge in [-0.1, -0.05) is 6.92 Å². The predicted octanol–water partition coefficient (Wildman–Crippen LogP) is 2.08. The van der Waals surface area contributed by atoms with E-state index in [9.17, 15) is 0 Å². The van der Waals surface area contributed by atoms with Gasteiger partial charge in [0, 0.05) is 31.6 Å². The molecule has 0 spiro atoms. The lowest BCUT2D eigenvalue weighted by atomic mass is 10.1. The van der Waals surface area contributed by atoms with Crippen LogP contribution in [0.5, 0.6) is 0 Å². The molecule has 3 heteroatoms. The zero-order valence-electron chi connectivity index (χ0n) is 9.36. The van der Waals surface area contributed by atoms with Gasteiger partial charge in [-0.25, -0.2) is 0 Å². The van der Waals surface area contributed by atoms with E-state index in [1.165, 1.54) is 18.4 Å². The average molecular weight is 208 g/mol. The van der Waals surface area contributed by atoms with Crippen molar-refractivity contribution in [2.24, 2.45) is 5.73 Å². The minimum absolute atomic E-state index is 0.177. The normalized spacial score (nSPS) is 23.2. The molecule has 2 unspecified atom stereocenters. The minimum atomic E-state index is 0.177. The fourth-order valence-corrected chi connectivity index (χ4v) is 2.05. The van der Waals surface area contributed by atoms with E-state index < -0.39 is 0 Å². The van der Waals surface area contributed by atoms with Crippen molar-refractivity contribution in [2.75, 3.05) is 6.61 Å². The maximum atomic E-state index is 5.97. The molecular formula is C12H20N2O. The zero-order valence-corrected chi connectivity index (χ0v) is 9.36. The van der Waals surface area contributed by atoms with Gasteiger partial charge in [-0.3, -0.25) is 0 Å². The number of hydrogen-bond acceptors (Lipinski definition) is 2. The van der Waals surface area contributed by atoms with E-state index in [0.29, 0.717) is 6.10 Å². The van der Waals surface area contributed by atoms with Gasteiger partial charge in [0.15, 0.2) is 0 Å². The average Bonchev–Trinajstić information content (AvgIpc) is 2.88. The van der Waals surface area contributed by atoms with E-state index in [-0.39, 0.29) is 6.04 Å². The molecule has 2 heterocycles. The molecular weight excluding hydrogens is 188 g/mol. The summed E-state index contributed by atoms with van der Waals surface area (Å²) in [4.78, 5) is 0. The lowest BCUT2D eigenvalue weighted by molar-refractivity contribution is 0.0971. The molecule has 0 aliphatic carbocycles. The molecule has 3 nitrogen and oxygen atoms in total. The van der Waals surface area contributed by atoms with Crippen LogP contribution in [0, 0.1) is 0 Å². The summed E-state index contributed by atoms with van der Waals surface area (Å²) in [7, 11) is 0. The SMILES string of the molecule is CCC(N)c1ccn(CC2CCCO2)c1. The van der Waals surface area contributed by atoms with E-state index in [0.717, 1.165) is 19.6 Å². The highest BCUT2D eigenvalue weighted by molar-refractivity contribution is 5.14. The van der Waals surface area contributed by atoms with Gasteiger partial charge in [-0.05, 0) is 30.9 Å². The molecule has 1 aliphatic rings. The Bertz CT molecular complexity index is 302. The highest BCUT2D eigenvalue weighted by Gasteiger charge is 2.16. The summed E-state index contributed by atoms with van der Waals surface area (Å²) in [6.07, 6.45) is 8.04. The Morgan fingerprint density at radius 1 is 1.67 bits per heavy atom. The molecule has 1 aromatic heterocycles. The largest absolute Gasteiger partial charge is 0.376 e. The summed E-state index contributed by atoms with van der Waals surface area (Å²) in [5.41, 5.74) is 7.20. The molecule has 1 saturated heterocycles. The number of nitrogens with zero attached hydrogens (tertiary/aromatic N) is 1. The third-order valence-electron chi connectivity index (χ3n) is 3.08. The quantitative estimate of drug-likeness (QED) is 0.823. The van der Waals surface area contributed by atoms with E-state index in [4.69, 9.17) is 10.5 Å². The van der Waals surface area contributed by atoms with Gasteiger partial charge in [0.1, 0.15) is 0 Å². The van der Waals surface area contributed by atoms with Crippen LogP contribution < -0.4 is 5.73 Å². The van der Waals surface area contributed by atoms with Gasteiger partial charge in [0.25, 0.3) is 0 Å². The van der Waals surface area contributed by atoms with E-state index in [1.807, 2.05) is 0 Å². The molecule has 1 aromatic rings. The summed E-state index contributed by atoms with van der Waals surface area (Å²) in [5.74, 6) is 0. The molecule has 84 valence electrons. The molecule has 0 radical (unpaired) electrons. The fourth-order valence-electron chi connectivity index (χ4n) is 2.05. The van der Waals surface area contributed by atoms with Crippen LogP contribution in [0.4, 0.5) is 0 Å². The molecule has 0 aromatic carbocycles. The second-order valence-electron chi connectivity index (χ2n) is 4.29. The lowest BCUT2D eigenvalue weighted by Crippen LogP contribution is -2.14. The molecule has 2 rings (SSSR count). The fraction of sp³-hybridized carbons (Fsp3) is 0.667. The van der Waals surface area contributed by atoms with Crippen molar-refractivity contribution in [1.82, 2.24) is 4.57 Å². The van der Waals surface area contributed by atoms with Crippen LogP contribution in [0.25, 0.3) is 0 Å². The van der Waals surface area contributed by atoms with E-state index >= 15 is 0 Å². The van der Waals surface area contributed by atoms with Crippen LogP contribution in [0.3, 0.4) is 0 Å². The van der Waals surface area contributed by atoms with Gasteiger partial charge < -0.3 is 15.0 Å². The van der Waals surface area contributed by atoms with Crippen LogP contribution in [0.1, 0.15) is 37.8 Å². The summed E-state index contributed by atoms with van der Waals surface area (Å²) >= 11 is 0. The highest BCUT2D eigenvalue weighted by Crippen LogP contribution is 2.17. The Balaban J connectivity index is 1.94. The molecule has 0 amide bonds. The number of nitrogens with two attached hydrogens (primary N) is 1. The Morgan fingerprint density at radius 2 is 2.53 bits per heavy atom. The van der Waals surface area contributed by atoms with E-state index in [2.05, 4.69) is 30.0 Å². The van der Waals surface area contributed by atoms with Gasteiger partial charge in [0.05, 0.1) is 6.10 Å². The molecule has 1 aliphatic heterocycles. The second-order valence-corrected chi connectivity index (χ2v) is 4.29. The Labute approximate surface area is 91.2 Å². The molecule has 15 heavy (non-hydrogen) atoms. The minimum Gasteiger partial charge on any atom is -0.376 e. The first-order chi connectivity index (χ1) is 7.29. The van der Waals surface area contributed by atoms with Gasteiger partial charge >= 0.3 is 0 Å². The molecule has 2 atom stereocenters. The third-order valence-corrected chi connectivity index (χ3v) is 3.08. The van der Waals surface area contributed by atoms with Gasteiger partial charge in [-0.2, -0.15) is 0 Å². The lowest BCUT2D eigenvalue weighted by Gasteiger charge is -2.10. The first kappa shape index (κ1) is 10.7. The third kappa shape index (κ3) is 2.61. The Hall–Kier alpha value is -0.800. The highest BCUT2D eigenvalue weighted by atomic mass is 16.5. The number of ether oxygens (including phenoxy) is 1. The Kier molecular flexibility index (Phi) is 3.44. The monoisotopic (exact) mass is 208 g/mol.